The molecule has 0 bridgehead atoms. The fourth-order valence-electron chi connectivity index (χ4n) is 3.46. The fraction of sp³-hybridized carbons (Fsp3) is 0.200. The van der Waals surface area contributed by atoms with Crippen LogP contribution in [0.15, 0.2) is 54.9 Å². The van der Waals surface area contributed by atoms with Gasteiger partial charge in [-0.25, -0.2) is 9.97 Å². The molecular formula is C20H19N5O3. The number of methoxy groups -OCH3 is 1. The van der Waals surface area contributed by atoms with Crippen LogP contribution in [0.3, 0.4) is 0 Å². The SMILES string of the molecule is COc1ccccc1Nc1ncnc(N2CCCc3ccccc32)c1[N+](=O)[O-]. The summed E-state index contributed by atoms with van der Waals surface area (Å²) < 4.78 is 5.32. The Hall–Kier alpha value is -3.68. The third kappa shape index (κ3) is 3.20. The highest BCUT2D eigenvalue weighted by Crippen LogP contribution is 2.40. The lowest BCUT2D eigenvalue weighted by Gasteiger charge is -2.30. The molecule has 8 nitrogen and oxygen atoms in total. The highest BCUT2D eigenvalue weighted by molar-refractivity contribution is 5.80. The van der Waals surface area contributed by atoms with Gasteiger partial charge in [0.25, 0.3) is 0 Å². The van der Waals surface area contributed by atoms with Crippen molar-refractivity contribution < 1.29 is 9.66 Å². The zero-order valence-corrected chi connectivity index (χ0v) is 15.3. The number of para-hydroxylation sites is 3. The molecule has 142 valence electrons. The van der Waals surface area contributed by atoms with E-state index in [1.807, 2.05) is 41.3 Å². The van der Waals surface area contributed by atoms with Crippen LogP contribution in [0, 0.1) is 10.1 Å². The number of aromatic nitrogens is 2. The molecule has 0 atom stereocenters. The number of aryl methyl sites for hydroxylation is 1. The Labute approximate surface area is 162 Å². The zero-order valence-electron chi connectivity index (χ0n) is 15.3. The zero-order chi connectivity index (χ0) is 19.5. The highest BCUT2D eigenvalue weighted by atomic mass is 16.6. The van der Waals surface area contributed by atoms with E-state index in [1.54, 1.807) is 19.2 Å². The Kier molecular flexibility index (Phi) is 4.76. The van der Waals surface area contributed by atoms with Gasteiger partial charge in [-0.2, -0.15) is 0 Å². The summed E-state index contributed by atoms with van der Waals surface area (Å²) in [7, 11) is 1.55. The van der Waals surface area contributed by atoms with E-state index in [-0.39, 0.29) is 17.3 Å². The van der Waals surface area contributed by atoms with Crippen LogP contribution in [-0.4, -0.2) is 28.5 Å². The summed E-state index contributed by atoms with van der Waals surface area (Å²) in [5.41, 5.74) is 2.53. The topological polar surface area (TPSA) is 93.4 Å². The van der Waals surface area contributed by atoms with E-state index in [1.165, 1.54) is 6.33 Å². The van der Waals surface area contributed by atoms with Crippen molar-refractivity contribution in [3.63, 3.8) is 0 Å². The molecule has 1 aromatic heterocycles. The number of nitrogens with zero attached hydrogens (tertiary/aromatic N) is 4. The first-order valence-electron chi connectivity index (χ1n) is 8.94. The molecule has 0 radical (unpaired) electrons. The van der Waals surface area contributed by atoms with Gasteiger partial charge < -0.3 is 15.0 Å². The molecule has 0 saturated carbocycles. The number of nitro groups is 1. The van der Waals surface area contributed by atoms with Gasteiger partial charge in [0.15, 0.2) is 0 Å². The molecule has 0 amide bonds. The number of hydrogen-bond donors (Lipinski definition) is 1. The molecular weight excluding hydrogens is 358 g/mol. The summed E-state index contributed by atoms with van der Waals surface area (Å²) in [5.74, 6) is 0.979. The maximum Gasteiger partial charge on any atom is 0.354 e. The average molecular weight is 377 g/mol. The number of benzene rings is 2. The number of anilines is 4. The van der Waals surface area contributed by atoms with Crippen molar-refractivity contribution in [3.05, 3.63) is 70.5 Å². The van der Waals surface area contributed by atoms with Crippen molar-refractivity contribution >= 4 is 28.7 Å². The van der Waals surface area contributed by atoms with Gasteiger partial charge in [-0.3, -0.25) is 10.1 Å². The van der Waals surface area contributed by atoms with Gasteiger partial charge in [0.05, 0.1) is 17.7 Å². The van der Waals surface area contributed by atoms with Gasteiger partial charge in [-0.1, -0.05) is 30.3 Å². The molecule has 8 heteroatoms. The van der Waals surface area contributed by atoms with Crippen molar-refractivity contribution in [1.29, 1.82) is 0 Å². The van der Waals surface area contributed by atoms with Crippen molar-refractivity contribution in [2.75, 3.05) is 23.9 Å². The lowest BCUT2D eigenvalue weighted by Crippen LogP contribution is -2.26. The van der Waals surface area contributed by atoms with Crippen LogP contribution in [0.4, 0.5) is 28.7 Å². The smallest absolute Gasteiger partial charge is 0.354 e. The van der Waals surface area contributed by atoms with Crippen LogP contribution >= 0.6 is 0 Å². The molecule has 3 aromatic rings. The molecule has 0 spiro atoms. The molecule has 0 unspecified atom stereocenters. The van der Waals surface area contributed by atoms with E-state index in [2.05, 4.69) is 15.3 Å². The number of rotatable bonds is 5. The van der Waals surface area contributed by atoms with Gasteiger partial charge in [0.1, 0.15) is 12.1 Å². The predicted octanol–water partition coefficient (Wildman–Crippen LogP) is 4.22. The summed E-state index contributed by atoms with van der Waals surface area (Å²) in [4.78, 5) is 21.8. The number of nitrogens with one attached hydrogen (secondary N) is 1. The van der Waals surface area contributed by atoms with Crippen LogP contribution < -0.4 is 15.0 Å². The van der Waals surface area contributed by atoms with Gasteiger partial charge in [0, 0.05) is 12.2 Å². The minimum Gasteiger partial charge on any atom is -0.495 e. The van der Waals surface area contributed by atoms with Crippen LogP contribution in [0.2, 0.25) is 0 Å². The standard InChI is InChI=1S/C20H19N5O3/c1-28-17-11-5-3-9-15(17)23-19-18(25(26)27)20(22-13-21-19)24-12-6-8-14-7-2-4-10-16(14)24/h2-5,7,9-11,13H,6,8,12H2,1H3,(H,21,22,23). The van der Waals surface area contributed by atoms with E-state index in [0.717, 1.165) is 24.1 Å². The molecule has 2 heterocycles. The summed E-state index contributed by atoms with van der Waals surface area (Å²) in [5, 5.41) is 15.0. The minimum absolute atomic E-state index is 0.127. The molecule has 1 aliphatic heterocycles. The Morgan fingerprint density at radius 3 is 2.75 bits per heavy atom. The molecule has 0 aliphatic carbocycles. The fourth-order valence-corrected chi connectivity index (χ4v) is 3.46. The number of hydrogen-bond acceptors (Lipinski definition) is 7. The van der Waals surface area contributed by atoms with E-state index in [4.69, 9.17) is 4.74 Å². The molecule has 28 heavy (non-hydrogen) atoms. The summed E-state index contributed by atoms with van der Waals surface area (Å²) >= 11 is 0. The number of fused-ring (bicyclic) bond motifs is 1. The molecule has 1 N–H and O–H groups in total. The lowest BCUT2D eigenvalue weighted by molar-refractivity contribution is -0.383. The second-order valence-corrected chi connectivity index (χ2v) is 6.36. The number of ether oxygens (including phenoxy) is 1. The third-order valence-corrected chi connectivity index (χ3v) is 4.71. The quantitative estimate of drug-likeness (QED) is 0.525. The Morgan fingerprint density at radius 2 is 1.93 bits per heavy atom. The molecule has 0 fully saturated rings. The maximum absolute atomic E-state index is 12.0. The predicted molar refractivity (Wildman–Crippen MR) is 107 cm³/mol. The normalized spacial score (nSPS) is 13.0. The highest BCUT2D eigenvalue weighted by Gasteiger charge is 2.30. The van der Waals surface area contributed by atoms with Crippen LogP contribution in [-0.2, 0) is 6.42 Å². The average Bonchev–Trinajstić information content (AvgIpc) is 2.73. The van der Waals surface area contributed by atoms with Crippen molar-refractivity contribution in [2.24, 2.45) is 0 Å². The first kappa shape index (κ1) is 17.7. The minimum atomic E-state index is -0.440. The van der Waals surface area contributed by atoms with E-state index < -0.39 is 4.92 Å². The maximum atomic E-state index is 12.0. The molecule has 2 aromatic carbocycles. The van der Waals surface area contributed by atoms with Crippen LogP contribution in [0.1, 0.15) is 12.0 Å². The van der Waals surface area contributed by atoms with E-state index >= 15 is 0 Å². The van der Waals surface area contributed by atoms with E-state index in [9.17, 15) is 10.1 Å². The summed E-state index contributed by atoms with van der Waals surface area (Å²) in [6.07, 6.45) is 3.18. The first-order chi connectivity index (χ1) is 13.7. The molecule has 0 saturated heterocycles. The Balaban J connectivity index is 1.80. The monoisotopic (exact) mass is 377 g/mol. The summed E-state index contributed by atoms with van der Waals surface area (Å²) in [6.45, 7) is 0.656. The lowest BCUT2D eigenvalue weighted by atomic mass is 10.0. The van der Waals surface area contributed by atoms with Crippen molar-refractivity contribution in [1.82, 2.24) is 9.97 Å². The molecule has 4 rings (SSSR count). The van der Waals surface area contributed by atoms with Crippen molar-refractivity contribution in [2.45, 2.75) is 12.8 Å². The van der Waals surface area contributed by atoms with Crippen molar-refractivity contribution in [3.8, 4) is 5.75 Å². The third-order valence-electron chi connectivity index (χ3n) is 4.71. The van der Waals surface area contributed by atoms with Crippen LogP contribution in [0.25, 0.3) is 0 Å². The van der Waals surface area contributed by atoms with Gasteiger partial charge in [-0.15, -0.1) is 0 Å². The van der Waals surface area contributed by atoms with Gasteiger partial charge in [-0.05, 0) is 36.6 Å². The largest absolute Gasteiger partial charge is 0.495 e. The second-order valence-electron chi connectivity index (χ2n) is 6.36. The van der Waals surface area contributed by atoms with Gasteiger partial charge >= 0.3 is 5.69 Å². The Morgan fingerprint density at radius 1 is 1.14 bits per heavy atom. The second kappa shape index (κ2) is 7.51. The van der Waals surface area contributed by atoms with E-state index in [0.29, 0.717) is 18.0 Å². The van der Waals surface area contributed by atoms with Gasteiger partial charge in [0.2, 0.25) is 11.6 Å². The first-order valence-corrected chi connectivity index (χ1v) is 8.94. The summed E-state index contributed by atoms with van der Waals surface area (Å²) in [6, 6.07) is 15.1. The Bertz CT molecular complexity index is 1020. The molecule has 1 aliphatic rings. The van der Waals surface area contributed by atoms with Crippen LogP contribution in [0.5, 0.6) is 5.75 Å².